The summed E-state index contributed by atoms with van der Waals surface area (Å²) in [5.41, 5.74) is 2.99. The molecule has 90 valence electrons. The zero-order valence-electron chi connectivity index (χ0n) is 8.94. The standard InChI is InChI=1S/C12H6BrClIN3/c13-18-6-8(7-3-1-2-4-10(7)18)11-9(15)5-16-12(14)17-11/h1-6H. The Hall–Kier alpha value is -0.660. The summed E-state index contributed by atoms with van der Waals surface area (Å²) < 4.78 is 2.88. The first kappa shape index (κ1) is 12.4. The van der Waals surface area contributed by atoms with Crippen LogP contribution in [0.2, 0.25) is 5.28 Å². The van der Waals surface area contributed by atoms with Crippen molar-refractivity contribution in [2.75, 3.05) is 0 Å². The molecule has 6 heteroatoms. The second-order valence-corrected chi connectivity index (χ2v) is 5.97. The van der Waals surface area contributed by atoms with E-state index in [-0.39, 0.29) is 5.28 Å². The highest BCUT2D eigenvalue weighted by atomic mass is 127. The maximum absolute atomic E-state index is 5.88. The lowest BCUT2D eigenvalue weighted by molar-refractivity contribution is 1.16. The second-order valence-electron chi connectivity index (χ2n) is 3.71. The predicted octanol–water partition coefficient (Wildman–Crippen LogP) is 4.51. The average molecular weight is 434 g/mol. The fourth-order valence-corrected chi connectivity index (χ4v) is 3.06. The van der Waals surface area contributed by atoms with Crippen LogP contribution in [0.1, 0.15) is 0 Å². The highest BCUT2D eigenvalue weighted by Crippen LogP contribution is 2.33. The van der Waals surface area contributed by atoms with Crippen molar-refractivity contribution >= 4 is 61.2 Å². The van der Waals surface area contributed by atoms with Gasteiger partial charge < -0.3 is 0 Å². The van der Waals surface area contributed by atoms with E-state index in [2.05, 4.69) is 54.8 Å². The van der Waals surface area contributed by atoms with Gasteiger partial charge in [0.25, 0.3) is 0 Å². The first-order chi connectivity index (χ1) is 8.66. The smallest absolute Gasteiger partial charge is 0.222 e. The Balaban J connectivity index is 2.35. The van der Waals surface area contributed by atoms with Crippen molar-refractivity contribution in [2.45, 2.75) is 0 Å². The molecule has 0 radical (unpaired) electrons. The molecule has 2 aromatic heterocycles. The highest BCUT2D eigenvalue weighted by Gasteiger charge is 2.13. The molecule has 0 spiro atoms. The Labute approximate surface area is 131 Å². The quantitative estimate of drug-likeness (QED) is 0.417. The molecule has 3 nitrogen and oxygen atoms in total. The Kier molecular flexibility index (Phi) is 3.29. The molecule has 18 heavy (non-hydrogen) atoms. The molecular weight excluding hydrogens is 428 g/mol. The molecule has 0 saturated heterocycles. The van der Waals surface area contributed by atoms with Gasteiger partial charge >= 0.3 is 0 Å². The third-order valence-electron chi connectivity index (χ3n) is 2.64. The van der Waals surface area contributed by atoms with Gasteiger partial charge in [-0.25, -0.2) is 9.97 Å². The number of hydrogen-bond acceptors (Lipinski definition) is 2. The number of fused-ring (bicyclic) bond motifs is 1. The van der Waals surface area contributed by atoms with Gasteiger partial charge in [-0.3, -0.25) is 3.59 Å². The molecule has 0 aliphatic carbocycles. The van der Waals surface area contributed by atoms with Crippen LogP contribution in [0.4, 0.5) is 0 Å². The number of hydrogen-bond donors (Lipinski definition) is 0. The number of rotatable bonds is 1. The van der Waals surface area contributed by atoms with Crippen molar-refractivity contribution in [2.24, 2.45) is 0 Å². The van der Waals surface area contributed by atoms with E-state index in [1.54, 1.807) is 6.20 Å². The monoisotopic (exact) mass is 433 g/mol. The maximum Gasteiger partial charge on any atom is 0.222 e. The van der Waals surface area contributed by atoms with E-state index in [1.165, 1.54) is 0 Å². The van der Waals surface area contributed by atoms with Crippen LogP contribution in [0.15, 0.2) is 36.7 Å². The minimum Gasteiger partial charge on any atom is -0.283 e. The molecule has 2 heterocycles. The first-order valence-electron chi connectivity index (χ1n) is 5.11. The predicted molar refractivity (Wildman–Crippen MR) is 85.0 cm³/mol. The Morgan fingerprint density at radius 2 is 2.06 bits per heavy atom. The summed E-state index contributed by atoms with van der Waals surface area (Å²) >= 11 is 11.6. The number of aromatic nitrogens is 3. The van der Waals surface area contributed by atoms with Gasteiger partial charge in [0.05, 0.1) is 30.9 Å². The molecule has 0 N–H and O–H groups in total. The molecule has 0 bridgehead atoms. The largest absolute Gasteiger partial charge is 0.283 e. The minimum atomic E-state index is 0.261. The lowest BCUT2D eigenvalue weighted by Gasteiger charge is -2.01. The van der Waals surface area contributed by atoms with Crippen molar-refractivity contribution in [3.8, 4) is 11.3 Å². The first-order valence-corrected chi connectivity index (χ1v) is 7.28. The third-order valence-corrected chi connectivity index (χ3v) is 4.19. The van der Waals surface area contributed by atoms with Crippen molar-refractivity contribution in [3.05, 3.63) is 45.5 Å². The van der Waals surface area contributed by atoms with Gasteiger partial charge in [0.1, 0.15) is 0 Å². The summed E-state index contributed by atoms with van der Waals surface area (Å²) in [6, 6.07) is 8.12. The topological polar surface area (TPSA) is 30.7 Å². The number of para-hydroxylation sites is 1. The summed E-state index contributed by atoms with van der Waals surface area (Å²) in [4.78, 5) is 8.30. The second kappa shape index (κ2) is 4.79. The zero-order valence-corrected chi connectivity index (χ0v) is 13.4. The van der Waals surface area contributed by atoms with Crippen LogP contribution in [0, 0.1) is 3.57 Å². The highest BCUT2D eigenvalue weighted by molar-refractivity contribution is 14.1. The SMILES string of the molecule is Clc1ncc(I)c(-c2cn(Br)c3ccccc23)n1. The van der Waals surface area contributed by atoms with Crippen LogP contribution in [0.25, 0.3) is 22.2 Å². The van der Waals surface area contributed by atoms with Gasteiger partial charge in [-0.05, 0) is 40.3 Å². The van der Waals surface area contributed by atoms with E-state index in [1.807, 2.05) is 28.0 Å². The number of halogens is 3. The Morgan fingerprint density at radius 3 is 2.89 bits per heavy atom. The van der Waals surface area contributed by atoms with E-state index in [0.717, 1.165) is 25.7 Å². The fraction of sp³-hybridized carbons (Fsp3) is 0. The van der Waals surface area contributed by atoms with E-state index >= 15 is 0 Å². The number of nitrogens with zero attached hydrogens (tertiary/aromatic N) is 3. The summed E-state index contributed by atoms with van der Waals surface area (Å²) in [5.74, 6) is 0. The molecule has 3 aromatic rings. The minimum absolute atomic E-state index is 0.261. The summed E-state index contributed by atoms with van der Waals surface area (Å²) in [7, 11) is 0. The lowest BCUT2D eigenvalue weighted by atomic mass is 10.1. The van der Waals surface area contributed by atoms with Gasteiger partial charge in [0.2, 0.25) is 5.28 Å². The van der Waals surface area contributed by atoms with Gasteiger partial charge in [-0.2, -0.15) is 0 Å². The van der Waals surface area contributed by atoms with E-state index < -0.39 is 0 Å². The normalized spacial score (nSPS) is 11.1. The van der Waals surface area contributed by atoms with Gasteiger partial charge in [-0.1, -0.05) is 18.2 Å². The molecule has 0 aliphatic heterocycles. The molecule has 1 aromatic carbocycles. The Morgan fingerprint density at radius 1 is 1.28 bits per heavy atom. The van der Waals surface area contributed by atoms with Crippen LogP contribution in [0.5, 0.6) is 0 Å². The molecule has 3 rings (SSSR count). The van der Waals surface area contributed by atoms with Crippen molar-refractivity contribution in [1.82, 2.24) is 13.6 Å². The number of benzene rings is 1. The molecule has 0 amide bonds. The van der Waals surface area contributed by atoms with Gasteiger partial charge in [0, 0.05) is 23.3 Å². The fourth-order valence-electron chi connectivity index (χ4n) is 1.86. The maximum atomic E-state index is 5.88. The lowest BCUT2D eigenvalue weighted by Crippen LogP contribution is -1.90. The van der Waals surface area contributed by atoms with E-state index in [0.29, 0.717) is 0 Å². The van der Waals surface area contributed by atoms with Crippen LogP contribution in [-0.2, 0) is 0 Å². The van der Waals surface area contributed by atoms with Gasteiger partial charge in [-0.15, -0.1) is 0 Å². The molecule has 0 fully saturated rings. The van der Waals surface area contributed by atoms with Gasteiger partial charge in [0.15, 0.2) is 0 Å². The molecular formula is C12H6BrClIN3. The third kappa shape index (κ3) is 2.04. The molecule has 0 atom stereocenters. The zero-order chi connectivity index (χ0) is 12.7. The Bertz CT molecular complexity index is 741. The molecule has 0 unspecified atom stereocenters. The van der Waals surface area contributed by atoms with E-state index in [9.17, 15) is 0 Å². The average Bonchev–Trinajstić information content (AvgIpc) is 2.71. The van der Waals surface area contributed by atoms with Crippen molar-refractivity contribution in [1.29, 1.82) is 0 Å². The van der Waals surface area contributed by atoms with Crippen molar-refractivity contribution < 1.29 is 0 Å². The van der Waals surface area contributed by atoms with E-state index in [4.69, 9.17) is 11.6 Å². The van der Waals surface area contributed by atoms with Crippen molar-refractivity contribution in [3.63, 3.8) is 0 Å². The summed E-state index contributed by atoms with van der Waals surface area (Å²) in [5, 5.41) is 1.39. The van der Waals surface area contributed by atoms with Crippen LogP contribution in [0.3, 0.4) is 0 Å². The summed E-state index contributed by atoms with van der Waals surface area (Å²) in [6.45, 7) is 0. The molecule has 0 saturated carbocycles. The molecule has 0 aliphatic rings. The summed E-state index contributed by atoms with van der Waals surface area (Å²) in [6.07, 6.45) is 3.72. The van der Waals surface area contributed by atoms with Crippen LogP contribution < -0.4 is 0 Å². The van der Waals surface area contributed by atoms with Crippen LogP contribution >= 0.6 is 50.3 Å². The van der Waals surface area contributed by atoms with Crippen LogP contribution in [-0.4, -0.2) is 13.6 Å².